The Kier molecular flexibility index (Phi) is 5.08. The molecule has 22 heavy (non-hydrogen) atoms. The zero-order chi connectivity index (χ0) is 15.9. The summed E-state index contributed by atoms with van der Waals surface area (Å²) in [6.07, 6.45) is 3.31. The molecule has 0 saturated carbocycles. The van der Waals surface area contributed by atoms with E-state index in [1.807, 2.05) is 12.1 Å². The highest BCUT2D eigenvalue weighted by molar-refractivity contribution is 5.96. The first-order valence-electron chi connectivity index (χ1n) is 6.47. The number of benzene rings is 1. The van der Waals surface area contributed by atoms with Crippen molar-refractivity contribution in [1.29, 1.82) is 0 Å². The van der Waals surface area contributed by atoms with E-state index in [0.717, 1.165) is 5.56 Å². The molecule has 0 bridgehead atoms. The van der Waals surface area contributed by atoms with Crippen LogP contribution >= 0.6 is 0 Å². The van der Waals surface area contributed by atoms with E-state index in [1.165, 1.54) is 32.4 Å². The maximum Gasteiger partial charge on any atom is 0.338 e. The summed E-state index contributed by atoms with van der Waals surface area (Å²) in [5.41, 5.74) is 1.35. The molecule has 0 spiro atoms. The first-order valence-corrected chi connectivity index (χ1v) is 6.47. The number of hydrogen-bond acceptors (Lipinski definition) is 6. The summed E-state index contributed by atoms with van der Waals surface area (Å²) in [6.45, 7) is 0.285. The standard InChI is InChI=1S/C16H15NO5/c1-20-15(18)12-7-13(16(19)21-2)9-14(8-12)22-10-11-3-5-17-6-4-11/h3-9H,10H2,1-2H3. The molecular formula is C16H15NO5. The SMILES string of the molecule is COC(=O)c1cc(OCc2ccncc2)cc(C(=O)OC)c1. The number of esters is 2. The fraction of sp³-hybridized carbons (Fsp3) is 0.188. The van der Waals surface area contributed by atoms with Crippen molar-refractivity contribution in [2.24, 2.45) is 0 Å². The van der Waals surface area contributed by atoms with Crippen LogP contribution in [0, 0.1) is 0 Å². The van der Waals surface area contributed by atoms with Gasteiger partial charge in [0.2, 0.25) is 0 Å². The second kappa shape index (κ2) is 7.21. The molecule has 0 N–H and O–H groups in total. The summed E-state index contributed by atoms with van der Waals surface area (Å²) in [5, 5.41) is 0. The molecule has 0 atom stereocenters. The quantitative estimate of drug-likeness (QED) is 0.788. The summed E-state index contributed by atoms with van der Waals surface area (Å²) >= 11 is 0. The molecule has 6 heteroatoms. The number of aromatic nitrogens is 1. The van der Waals surface area contributed by atoms with Crippen LogP contribution < -0.4 is 4.74 Å². The molecule has 2 aromatic rings. The van der Waals surface area contributed by atoms with E-state index in [4.69, 9.17) is 4.74 Å². The van der Waals surface area contributed by atoms with Crippen molar-refractivity contribution in [3.8, 4) is 5.75 Å². The Bertz CT molecular complexity index is 635. The van der Waals surface area contributed by atoms with E-state index in [0.29, 0.717) is 5.75 Å². The van der Waals surface area contributed by atoms with Gasteiger partial charge < -0.3 is 14.2 Å². The molecule has 0 amide bonds. The number of pyridine rings is 1. The number of hydrogen-bond donors (Lipinski definition) is 0. The molecule has 1 heterocycles. The third-order valence-electron chi connectivity index (χ3n) is 2.90. The Balaban J connectivity index is 2.25. The minimum Gasteiger partial charge on any atom is -0.489 e. The van der Waals surface area contributed by atoms with Gasteiger partial charge in [0.05, 0.1) is 25.3 Å². The zero-order valence-electron chi connectivity index (χ0n) is 12.2. The van der Waals surface area contributed by atoms with Gasteiger partial charge in [-0.2, -0.15) is 0 Å². The number of carbonyl (C=O) groups excluding carboxylic acids is 2. The molecular weight excluding hydrogens is 286 g/mol. The van der Waals surface area contributed by atoms with Gasteiger partial charge in [0.1, 0.15) is 12.4 Å². The average molecular weight is 301 g/mol. The molecule has 6 nitrogen and oxygen atoms in total. The highest BCUT2D eigenvalue weighted by atomic mass is 16.5. The van der Waals surface area contributed by atoms with Crippen LogP contribution in [-0.4, -0.2) is 31.1 Å². The lowest BCUT2D eigenvalue weighted by Crippen LogP contribution is -2.07. The fourth-order valence-electron chi connectivity index (χ4n) is 1.80. The summed E-state index contributed by atoms with van der Waals surface area (Å²) in [4.78, 5) is 27.2. The predicted molar refractivity (Wildman–Crippen MR) is 77.7 cm³/mol. The normalized spacial score (nSPS) is 9.91. The van der Waals surface area contributed by atoms with Crippen molar-refractivity contribution >= 4 is 11.9 Å². The fourth-order valence-corrected chi connectivity index (χ4v) is 1.80. The molecule has 0 fully saturated rings. The zero-order valence-corrected chi connectivity index (χ0v) is 12.2. The minimum atomic E-state index is -0.556. The van der Waals surface area contributed by atoms with Crippen LogP contribution in [-0.2, 0) is 16.1 Å². The van der Waals surface area contributed by atoms with Gasteiger partial charge in [0.25, 0.3) is 0 Å². The van der Waals surface area contributed by atoms with E-state index >= 15 is 0 Å². The van der Waals surface area contributed by atoms with Crippen LogP contribution in [0.3, 0.4) is 0 Å². The summed E-state index contributed by atoms with van der Waals surface area (Å²) in [7, 11) is 2.54. The Morgan fingerprint density at radius 2 is 1.50 bits per heavy atom. The average Bonchev–Trinajstić information content (AvgIpc) is 2.59. The van der Waals surface area contributed by atoms with Crippen molar-refractivity contribution in [2.45, 2.75) is 6.61 Å². The van der Waals surface area contributed by atoms with Gasteiger partial charge in [-0.15, -0.1) is 0 Å². The maximum absolute atomic E-state index is 11.7. The van der Waals surface area contributed by atoms with Crippen molar-refractivity contribution < 1.29 is 23.8 Å². The Morgan fingerprint density at radius 3 is 2.00 bits per heavy atom. The summed E-state index contributed by atoms with van der Waals surface area (Å²) < 4.78 is 15.0. The lowest BCUT2D eigenvalue weighted by molar-refractivity contribution is 0.0598. The smallest absolute Gasteiger partial charge is 0.338 e. The van der Waals surface area contributed by atoms with Crippen molar-refractivity contribution in [2.75, 3.05) is 14.2 Å². The topological polar surface area (TPSA) is 74.7 Å². The minimum absolute atomic E-state index is 0.218. The van der Waals surface area contributed by atoms with E-state index in [1.54, 1.807) is 12.4 Å². The van der Waals surface area contributed by atoms with E-state index < -0.39 is 11.9 Å². The second-order valence-electron chi connectivity index (χ2n) is 4.37. The van der Waals surface area contributed by atoms with Crippen LogP contribution in [0.2, 0.25) is 0 Å². The van der Waals surface area contributed by atoms with Crippen LogP contribution in [0.25, 0.3) is 0 Å². The third-order valence-corrected chi connectivity index (χ3v) is 2.90. The van der Waals surface area contributed by atoms with Gasteiger partial charge in [-0.25, -0.2) is 9.59 Å². The van der Waals surface area contributed by atoms with Gasteiger partial charge >= 0.3 is 11.9 Å². The molecule has 1 aromatic heterocycles. The van der Waals surface area contributed by atoms with Gasteiger partial charge in [-0.3, -0.25) is 4.98 Å². The Labute approximate surface area is 127 Å². The van der Waals surface area contributed by atoms with Gasteiger partial charge in [-0.05, 0) is 35.9 Å². The number of methoxy groups -OCH3 is 2. The lowest BCUT2D eigenvalue weighted by Gasteiger charge is -2.10. The molecule has 1 aromatic carbocycles. The summed E-state index contributed by atoms with van der Waals surface area (Å²) in [5.74, 6) is -0.737. The van der Waals surface area contributed by atoms with E-state index in [-0.39, 0.29) is 17.7 Å². The molecule has 0 aliphatic carbocycles. The van der Waals surface area contributed by atoms with Crippen LogP contribution in [0.1, 0.15) is 26.3 Å². The molecule has 114 valence electrons. The second-order valence-corrected chi connectivity index (χ2v) is 4.37. The Hall–Kier alpha value is -2.89. The van der Waals surface area contributed by atoms with Gasteiger partial charge in [0.15, 0.2) is 0 Å². The highest BCUT2D eigenvalue weighted by Crippen LogP contribution is 2.20. The maximum atomic E-state index is 11.7. The predicted octanol–water partition coefficient (Wildman–Crippen LogP) is 2.23. The van der Waals surface area contributed by atoms with Crippen molar-refractivity contribution in [1.82, 2.24) is 4.98 Å². The van der Waals surface area contributed by atoms with Gasteiger partial charge in [-0.1, -0.05) is 0 Å². The molecule has 0 unspecified atom stereocenters. The van der Waals surface area contributed by atoms with Gasteiger partial charge in [0, 0.05) is 12.4 Å². The molecule has 0 saturated heterocycles. The largest absolute Gasteiger partial charge is 0.489 e. The van der Waals surface area contributed by atoms with Crippen LogP contribution in [0.5, 0.6) is 5.75 Å². The Morgan fingerprint density at radius 1 is 0.955 bits per heavy atom. The third kappa shape index (κ3) is 3.82. The monoisotopic (exact) mass is 301 g/mol. The molecule has 2 rings (SSSR count). The molecule has 0 aliphatic rings. The first-order chi connectivity index (χ1) is 10.6. The van der Waals surface area contributed by atoms with Crippen molar-refractivity contribution in [3.05, 3.63) is 59.4 Å². The summed E-state index contributed by atoms with van der Waals surface area (Å²) in [6, 6.07) is 8.05. The molecule has 0 radical (unpaired) electrons. The lowest BCUT2D eigenvalue weighted by atomic mass is 10.1. The number of ether oxygens (including phenoxy) is 3. The number of rotatable bonds is 5. The highest BCUT2D eigenvalue weighted by Gasteiger charge is 2.14. The van der Waals surface area contributed by atoms with Crippen molar-refractivity contribution in [3.63, 3.8) is 0 Å². The number of carbonyl (C=O) groups is 2. The van der Waals surface area contributed by atoms with Crippen LogP contribution in [0.15, 0.2) is 42.7 Å². The van der Waals surface area contributed by atoms with E-state index in [2.05, 4.69) is 14.5 Å². The number of nitrogens with zero attached hydrogens (tertiary/aromatic N) is 1. The molecule has 0 aliphatic heterocycles. The van der Waals surface area contributed by atoms with E-state index in [9.17, 15) is 9.59 Å². The first kappa shape index (κ1) is 15.5. The van der Waals surface area contributed by atoms with Crippen LogP contribution in [0.4, 0.5) is 0 Å².